The van der Waals surface area contributed by atoms with Gasteiger partial charge in [-0.15, -0.1) is 0 Å². The molecule has 2 heterocycles. The quantitative estimate of drug-likeness (QED) is 0.603. The predicted octanol–water partition coefficient (Wildman–Crippen LogP) is 2.22. The fourth-order valence-electron chi connectivity index (χ4n) is 3.37. The molecule has 0 radical (unpaired) electrons. The number of piperazine rings is 1. The number of benzene rings is 1. The van der Waals surface area contributed by atoms with E-state index in [0.717, 1.165) is 18.7 Å². The van der Waals surface area contributed by atoms with E-state index in [1.807, 2.05) is 12.1 Å². The average molecular weight is 447 g/mol. The van der Waals surface area contributed by atoms with Crippen LogP contribution in [0.4, 0.5) is 5.82 Å². The second kappa shape index (κ2) is 9.76. The average Bonchev–Trinajstić information content (AvgIpc) is 2.75. The number of hydrogen-bond acceptors (Lipinski definition) is 7. The summed E-state index contributed by atoms with van der Waals surface area (Å²) >= 11 is 0. The first-order chi connectivity index (χ1) is 14.7. The molecular formula is C22H30N4O4S. The summed E-state index contributed by atoms with van der Waals surface area (Å²) in [7, 11) is -0.412. The van der Waals surface area contributed by atoms with Crippen LogP contribution in [-0.4, -0.2) is 68.9 Å². The fourth-order valence-corrected chi connectivity index (χ4v) is 4.47. The third kappa shape index (κ3) is 5.41. The number of ether oxygens (including phenoxy) is 1. The van der Waals surface area contributed by atoms with Gasteiger partial charge in [0.2, 0.25) is 10.0 Å². The molecule has 1 saturated heterocycles. The van der Waals surface area contributed by atoms with Gasteiger partial charge < -0.3 is 9.64 Å². The Morgan fingerprint density at radius 1 is 1.10 bits per heavy atom. The van der Waals surface area contributed by atoms with Gasteiger partial charge in [-0.2, -0.15) is 0 Å². The lowest BCUT2D eigenvalue weighted by Gasteiger charge is -2.36. The second-order valence-electron chi connectivity index (χ2n) is 8.06. The van der Waals surface area contributed by atoms with Crippen LogP contribution < -0.4 is 9.64 Å². The standard InChI is InChI=1S/C22H30N4O4S/c1-17(2)22(27)30-19-9-7-11-23-21(19)26-14-12-25(13-15-26)16-18-8-5-6-10-20(18)31(28,29)24(3)4/h5-11,17H,12-16H2,1-4H3. The first kappa shape index (κ1) is 23.2. The van der Waals surface area contributed by atoms with E-state index in [1.165, 1.54) is 4.31 Å². The van der Waals surface area contributed by atoms with E-state index in [4.69, 9.17) is 4.74 Å². The van der Waals surface area contributed by atoms with E-state index in [9.17, 15) is 13.2 Å². The van der Waals surface area contributed by atoms with E-state index >= 15 is 0 Å². The van der Waals surface area contributed by atoms with Gasteiger partial charge in [-0.1, -0.05) is 32.0 Å². The fraction of sp³-hybridized carbons (Fsp3) is 0.455. The van der Waals surface area contributed by atoms with E-state index < -0.39 is 10.0 Å². The Balaban J connectivity index is 1.69. The molecule has 0 N–H and O–H groups in total. The predicted molar refractivity (Wildman–Crippen MR) is 120 cm³/mol. The zero-order valence-corrected chi connectivity index (χ0v) is 19.3. The minimum Gasteiger partial charge on any atom is -0.422 e. The SMILES string of the molecule is CC(C)C(=O)Oc1cccnc1N1CCN(Cc2ccccc2S(=O)(=O)N(C)C)CC1. The van der Waals surface area contributed by atoms with Crippen molar-refractivity contribution < 1.29 is 17.9 Å². The molecule has 9 heteroatoms. The highest BCUT2D eigenvalue weighted by atomic mass is 32.2. The number of aromatic nitrogens is 1. The molecule has 0 aliphatic carbocycles. The maximum Gasteiger partial charge on any atom is 0.313 e. The molecule has 0 unspecified atom stereocenters. The summed E-state index contributed by atoms with van der Waals surface area (Å²) in [6.07, 6.45) is 1.69. The summed E-state index contributed by atoms with van der Waals surface area (Å²) in [4.78, 5) is 21.1. The van der Waals surface area contributed by atoms with Crippen LogP contribution in [0.15, 0.2) is 47.5 Å². The molecule has 1 aromatic heterocycles. The number of carbonyl (C=O) groups is 1. The van der Waals surface area contributed by atoms with Crippen LogP contribution in [0.1, 0.15) is 19.4 Å². The Bertz CT molecular complexity index is 1020. The number of rotatable bonds is 7. The smallest absolute Gasteiger partial charge is 0.313 e. The number of sulfonamides is 1. The maximum absolute atomic E-state index is 12.7. The van der Waals surface area contributed by atoms with Crippen LogP contribution >= 0.6 is 0 Å². The first-order valence-electron chi connectivity index (χ1n) is 10.3. The number of anilines is 1. The third-order valence-corrected chi connectivity index (χ3v) is 7.15. The van der Waals surface area contributed by atoms with Crippen LogP contribution in [-0.2, 0) is 21.4 Å². The van der Waals surface area contributed by atoms with Gasteiger partial charge in [0.15, 0.2) is 11.6 Å². The topological polar surface area (TPSA) is 83.0 Å². The molecule has 0 spiro atoms. The van der Waals surface area contributed by atoms with Crippen molar-refractivity contribution in [2.45, 2.75) is 25.3 Å². The number of esters is 1. The van der Waals surface area contributed by atoms with Crippen molar-refractivity contribution in [1.29, 1.82) is 0 Å². The Morgan fingerprint density at radius 2 is 1.77 bits per heavy atom. The summed E-state index contributed by atoms with van der Waals surface area (Å²) < 4.78 is 32.1. The minimum atomic E-state index is -3.50. The second-order valence-corrected chi connectivity index (χ2v) is 10.2. The van der Waals surface area contributed by atoms with Gasteiger partial charge in [0.05, 0.1) is 10.8 Å². The molecule has 2 aromatic rings. The molecule has 1 aliphatic rings. The molecule has 31 heavy (non-hydrogen) atoms. The van der Waals surface area contributed by atoms with Crippen molar-refractivity contribution in [3.8, 4) is 5.75 Å². The number of pyridine rings is 1. The van der Waals surface area contributed by atoms with Crippen molar-refractivity contribution in [2.75, 3.05) is 45.2 Å². The molecule has 0 amide bonds. The van der Waals surface area contributed by atoms with E-state index in [0.29, 0.717) is 36.1 Å². The number of hydrogen-bond donors (Lipinski definition) is 0. The minimum absolute atomic E-state index is 0.219. The van der Waals surface area contributed by atoms with Crippen LogP contribution in [0.2, 0.25) is 0 Å². The lowest BCUT2D eigenvalue weighted by molar-refractivity contribution is -0.137. The molecule has 0 saturated carbocycles. The van der Waals surface area contributed by atoms with Crippen molar-refractivity contribution in [3.63, 3.8) is 0 Å². The third-order valence-electron chi connectivity index (χ3n) is 5.23. The first-order valence-corrected chi connectivity index (χ1v) is 11.8. The van der Waals surface area contributed by atoms with Crippen molar-refractivity contribution in [3.05, 3.63) is 48.2 Å². The molecule has 1 aromatic carbocycles. The summed E-state index contributed by atoms with van der Waals surface area (Å²) in [5.41, 5.74) is 0.786. The van der Waals surface area contributed by atoms with Crippen LogP contribution in [0.5, 0.6) is 5.75 Å². The highest BCUT2D eigenvalue weighted by Gasteiger charge is 2.25. The van der Waals surface area contributed by atoms with E-state index in [1.54, 1.807) is 58.4 Å². The molecule has 1 fully saturated rings. The summed E-state index contributed by atoms with van der Waals surface area (Å²) in [6, 6.07) is 10.7. The van der Waals surface area contributed by atoms with Crippen LogP contribution in [0.3, 0.4) is 0 Å². The molecule has 0 atom stereocenters. The lowest BCUT2D eigenvalue weighted by Crippen LogP contribution is -2.46. The molecule has 8 nitrogen and oxygen atoms in total. The van der Waals surface area contributed by atoms with Crippen molar-refractivity contribution in [1.82, 2.24) is 14.2 Å². The Labute approximate surface area is 184 Å². The summed E-state index contributed by atoms with van der Waals surface area (Å²) in [6.45, 7) is 7.03. The van der Waals surface area contributed by atoms with Gasteiger partial charge in [-0.25, -0.2) is 17.7 Å². The Hall–Kier alpha value is -2.49. The van der Waals surface area contributed by atoms with Gasteiger partial charge >= 0.3 is 5.97 Å². The molecule has 3 rings (SSSR count). The van der Waals surface area contributed by atoms with E-state index in [-0.39, 0.29) is 11.9 Å². The van der Waals surface area contributed by atoms with Gasteiger partial charge in [0, 0.05) is 53.0 Å². The molecule has 1 aliphatic heterocycles. The molecule has 0 bridgehead atoms. The zero-order valence-electron chi connectivity index (χ0n) is 18.5. The lowest BCUT2D eigenvalue weighted by atomic mass is 10.2. The monoisotopic (exact) mass is 446 g/mol. The van der Waals surface area contributed by atoms with Crippen molar-refractivity contribution >= 4 is 21.8 Å². The van der Waals surface area contributed by atoms with Gasteiger partial charge in [-0.3, -0.25) is 9.69 Å². The largest absolute Gasteiger partial charge is 0.422 e. The summed E-state index contributed by atoms with van der Waals surface area (Å²) in [5.74, 6) is 0.624. The zero-order chi connectivity index (χ0) is 22.6. The normalized spacial score (nSPS) is 15.5. The van der Waals surface area contributed by atoms with Crippen LogP contribution in [0, 0.1) is 5.92 Å². The van der Waals surface area contributed by atoms with Crippen molar-refractivity contribution in [2.24, 2.45) is 5.92 Å². The highest BCUT2D eigenvalue weighted by Crippen LogP contribution is 2.28. The van der Waals surface area contributed by atoms with Gasteiger partial charge in [0.25, 0.3) is 0 Å². The highest BCUT2D eigenvalue weighted by molar-refractivity contribution is 7.89. The Kier molecular flexibility index (Phi) is 7.30. The number of carbonyl (C=O) groups excluding carboxylic acids is 1. The summed E-state index contributed by atoms with van der Waals surface area (Å²) in [5, 5.41) is 0. The van der Waals surface area contributed by atoms with E-state index in [2.05, 4.69) is 14.8 Å². The maximum atomic E-state index is 12.7. The molecule has 168 valence electrons. The van der Waals surface area contributed by atoms with Gasteiger partial charge in [-0.05, 0) is 23.8 Å². The number of nitrogens with zero attached hydrogens (tertiary/aromatic N) is 4. The van der Waals surface area contributed by atoms with Crippen LogP contribution in [0.25, 0.3) is 0 Å². The Morgan fingerprint density at radius 3 is 2.42 bits per heavy atom. The molecular weight excluding hydrogens is 416 g/mol. The van der Waals surface area contributed by atoms with Gasteiger partial charge in [0.1, 0.15) is 0 Å².